The van der Waals surface area contributed by atoms with Crippen LogP contribution in [0.15, 0.2) is 0 Å². The number of thioether (sulfide) groups is 1. The molecule has 0 spiro atoms. The first kappa shape index (κ1) is 9.38. The van der Waals surface area contributed by atoms with E-state index in [1.54, 1.807) is 23.7 Å². The van der Waals surface area contributed by atoms with Gasteiger partial charge in [-0.25, -0.2) is 0 Å². The van der Waals surface area contributed by atoms with Crippen LogP contribution in [0.2, 0.25) is 0 Å². The van der Waals surface area contributed by atoms with Crippen molar-refractivity contribution in [3.8, 4) is 0 Å². The summed E-state index contributed by atoms with van der Waals surface area (Å²) in [7, 11) is 1.75. The summed E-state index contributed by atoms with van der Waals surface area (Å²) in [6.07, 6.45) is 0. The van der Waals surface area contributed by atoms with E-state index in [2.05, 4.69) is 5.32 Å². The van der Waals surface area contributed by atoms with Gasteiger partial charge in [-0.1, -0.05) is 0 Å². The summed E-state index contributed by atoms with van der Waals surface area (Å²) in [6.45, 7) is 0.856. The number of hydrogen-bond acceptors (Lipinski definition) is 3. The van der Waals surface area contributed by atoms with E-state index >= 15 is 0 Å². The zero-order chi connectivity index (χ0) is 8.97. The summed E-state index contributed by atoms with van der Waals surface area (Å²) in [6, 6.07) is 0. The zero-order valence-corrected chi connectivity index (χ0v) is 7.82. The summed E-state index contributed by atoms with van der Waals surface area (Å²) in [5, 5.41) is 2.55. The van der Waals surface area contributed by atoms with Crippen molar-refractivity contribution in [2.75, 3.05) is 31.6 Å². The molecule has 0 aromatic rings. The van der Waals surface area contributed by atoms with Crippen LogP contribution in [0.3, 0.4) is 0 Å². The predicted octanol–water partition coefficient (Wildman–Crippen LogP) is -0.692. The molecule has 0 aromatic heterocycles. The maximum Gasteiger partial charge on any atom is 0.241 e. The maximum absolute atomic E-state index is 11.2. The van der Waals surface area contributed by atoms with E-state index in [1.807, 2.05) is 0 Å². The van der Waals surface area contributed by atoms with Crippen molar-refractivity contribution in [3.63, 3.8) is 0 Å². The molecule has 4 nitrogen and oxygen atoms in total. The summed E-state index contributed by atoms with van der Waals surface area (Å²) < 4.78 is 0. The Hall–Kier alpha value is -0.710. The Labute approximate surface area is 75.7 Å². The molecule has 0 atom stereocenters. The number of likely N-dealkylation sites (N-methyl/N-ethyl adjacent to an activating group) is 1. The van der Waals surface area contributed by atoms with Gasteiger partial charge in [-0.3, -0.25) is 9.59 Å². The molecule has 1 aliphatic rings. The number of nitrogens with zero attached hydrogens (tertiary/aromatic N) is 1. The minimum atomic E-state index is -0.0522. The van der Waals surface area contributed by atoms with E-state index in [9.17, 15) is 9.59 Å². The second-order valence-corrected chi connectivity index (χ2v) is 3.75. The third-order valence-electron chi connectivity index (χ3n) is 1.67. The Morgan fingerprint density at radius 1 is 1.50 bits per heavy atom. The summed E-state index contributed by atoms with van der Waals surface area (Å²) in [5.41, 5.74) is 0. The molecule has 2 amide bonds. The summed E-state index contributed by atoms with van der Waals surface area (Å²) in [5.74, 6) is 1.21. The number of hydrogen-bond donors (Lipinski definition) is 1. The molecule has 1 rings (SSSR count). The van der Waals surface area contributed by atoms with Crippen LogP contribution in [0.4, 0.5) is 0 Å². The van der Waals surface area contributed by atoms with Crippen molar-refractivity contribution in [3.05, 3.63) is 0 Å². The maximum atomic E-state index is 11.2. The van der Waals surface area contributed by atoms with Gasteiger partial charge in [-0.15, -0.1) is 0 Å². The molecular weight excluding hydrogens is 176 g/mol. The van der Waals surface area contributed by atoms with Crippen LogP contribution < -0.4 is 5.32 Å². The standard InChI is InChI=1S/C7H12N2O2S/c1-9-2-3-12-5-6(10)8-4-7(9)11/h2-5H2,1H3,(H,8,10). The molecule has 1 fully saturated rings. The fourth-order valence-corrected chi connectivity index (χ4v) is 1.69. The van der Waals surface area contributed by atoms with Gasteiger partial charge in [-0.2, -0.15) is 11.8 Å². The van der Waals surface area contributed by atoms with Crippen molar-refractivity contribution in [1.29, 1.82) is 0 Å². The minimum Gasteiger partial charge on any atom is -0.346 e. The smallest absolute Gasteiger partial charge is 0.241 e. The van der Waals surface area contributed by atoms with Crippen molar-refractivity contribution in [2.45, 2.75) is 0 Å². The predicted molar refractivity (Wildman–Crippen MR) is 48.0 cm³/mol. The van der Waals surface area contributed by atoms with Gasteiger partial charge in [0.2, 0.25) is 11.8 Å². The highest BCUT2D eigenvalue weighted by Gasteiger charge is 2.12. The summed E-state index contributed by atoms with van der Waals surface area (Å²) >= 11 is 1.55. The number of nitrogens with one attached hydrogen (secondary N) is 1. The number of rotatable bonds is 0. The quantitative estimate of drug-likeness (QED) is 0.547. The highest BCUT2D eigenvalue weighted by molar-refractivity contribution is 7.99. The second-order valence-electron chi connectivity index (χ2n) is 2.64. The van der Waals surface area contributed by atoms with E-state index in [-0.39, 0.29) is 18.4 Å². The number of amides is 2. The van der Waals surface area contributed by atoms with Gasteiger partial charge in [0.15, 0.2) is 0 Å². The van der Waals surface area contributed by atoms with Crippen molar-refractivity contribution in [1.82, 2.24) is 10.2 Å². The van der Waals surface area contributed by atoms with Crippen LogP contribution in [-0.2, 0) is 9.59 Å². The monoisotopic (exact) mass is 188 g/mol. The molecule has 1 aliphatic heterocycles. The Bertz CT molecular complexity index is 196. The first-order valence-corrected chi connectivity index (χ1v) is 4.94. The van der Waals surface area contributed by atoms with Gasteiger partial charge < -0.3 is 10.2 Å². The first-order valence-electron chi connectivity index (χ1n) is 3.78. The Morgan fingerprint density at radius 3 is 3.00 bits per heavy atom. The van der Waals surface area contributed by atoms with Crippen LogP contribution in [0.1, 0.15) is 0 Å². The lowest BCUT2D eigenvalue weighted by Crippen LogP contribution is -2.38. The van der Waals surface area contributed by atoms with Crippen LogP contribution >= 0.6 is 11.8 Å². The van der Waals surface area contributed by atoms with Crippen LogP contribution in [-0.4, -0.2) is 48.4 Å². The SMILES string of the molecule is CN1CCSCC(=O)NCC1=O. The first-order chi connectivity index (χ1) is 5.70. The average Bonchev–Trinajstić information content (AvgIpc) is 2.11. The fourth-order valence-electron chi connectivity index (χ4n) is 0.851. The number of carbonyl (C=O) groups is 2. The molecule has 0 bridgehead atoms. The highest BCUT2D eigenvalue weighted by Crippen LogP contribution is 2.01. The lowest BCUT2D eigenvalue weighted by atomic mass is 10.5. The van der Waals surface area contributed by atoms with Gasteiger partial charge in [0, 0.05) is 19.3 Å². The normalized spacial score (nSPS) is 20.9. The Kier molecular flexibility index (Phi) is 3.40. The van der Waals surface area contributed by atoms with Crippen LogP contribution in [0, 0.1) is 0 Å². The van der Waals surface area contributed by atoms with E-state index < -0.39 is 0 Å². The summed E-state index contributed by atoms with van der Waals surface area (Å²) in [4.78, 5) is 23.7. The van der Waals surface area contributed by atoms with Crippen LogP contribution in [0.5, 0.6) is 0 Å². The molecule has 1 saturated heterocycles. The Morgan fingerprint density at radius 2 is 2.25 bits per heavy atom. The van der Waals surface area contributed by atoms with E-state index in [4.69, 9.17) is 0 Å². The second kappa shape index (κ2) is 4.35. The molecule has 0 aromatic carbocycles. The largest absolute Gasteiger partial charge is 0.346 e. The van der Waals surface area contributed by atoms with Gasteiger partial charge in [0.1, 0.15) is 0 Å². The molecular formula is C7H12N2O2S. The molecule has 0 radical (unpaired) electrons. The van der Waals surface area contributed by atoms with Gasteiger partial charge >= 0.3 is 0 Å². The molecule has 12 heavy (non-hydrogen) atoms. The van der Waals surface area contributed by atoms with Crippen molar-refractivity contribution >= 4 is 23.6 Å². The van der Waals surface area contributed by atoms with Gasteiger partial charge in [-0.05, 0) is 0 Å². The van der Waals surface area contributed by atoms with Gasteiger partial charge in [0.25, 0.3) is 0 Å². The molecule has 0 aliphatic carbocycles. The third-order valence-corrected chi connectivity index (χ3v) is 2.60. The number of carbonyl (C=O) groups excluding carboxylic acids is 2. The topological polar surface area (TPSA) is 49.4 Å². The lowest BCUT2D eigenvalue weighted by Gasteiger charge is -2.14. The Balaban J connectivity index is 2.48. The molecule has 5 heteroatoms. The van der Waals surface area contributed by atoms with Crippen LogP contribution in [0.25, 0.3) is 0 Å². The van der Waals surface area contributed by atoms with E-state index in [1.165, 1.54) is 0 Å². The highest BCUT2D eigenvalue weighted by atomic mass is 32.2. The molecule has 68 valence electrons. The van der Waals surface area contributed by atoms with Gasteiger partial charge in [0.05, 0.1) is 12.3 Å². The molecule has 0 saturated carbocycles. The molecule has 1 heterocycles. The van der Waals surface area contributed by atoms with Crippen molar-refractivity contribution in [2.24, 2.45) is 0 Å². The molecule has 0 unspecified atom stereocenters. The zero-order valence-electron chi connectivity index (χ0n) is 7.00. The third kappa shape index (κ3) is 2.73. The minimum absolute atomic E-state index is 0.0224. The fraction of sp³-hybridized carbons (Fsp3) is 0.714. The average molecular weight is 188 g/mol. The van der Waals surface area contributed by atoms with Crippen molar-refractivity contribution < 1.29 is 9.59 Å². The van der Waals surface area contributed by atoms with E-state index in [0.29, 0.717) is 5.75 Å². The molecule has 1 N–H and O–H groups in total. The lowest BCUT2D eigenvalue weighted by molar-refractivity contribution is -0.130. The van der Waals surface area contributed by atoms with E-state index in [0.717, 1.165) is 12.3 Å².